The lowest BCUT2D eigenvalue weighted by molar-refractivity contribution is 0.626. The molecule has 2 rings (SSSR count). The van der Waals surface area contributed by atoms with E-state index in [2.05, 4.69) is 21.2 Å². The minimum atomic E-state index is -0.274. The summed E-state index contributed by atoms with van der Waals surface area (Å²) < 4.78 is 14.3. The van der Waals surface area contributed by atoms with Gasteiger partial charge in [0.25, 0.3) is 0 Å². The predicted molar refractivity (Wildman–Crippen MR) is 82.4 cm³/mol. The number of rotatable bonds is 3. The van der Waals surface area contributed by atoms with E-state index in [1.165, 1.54) is 12.1 Å². The molecule has 100 valence electrons. The van der Waals surface area contributed by atoms with Gasteiger partial charge in [0, 0.05) is 21.7 Å². The highest BCUT2D eigenvalue weighted by molar-refractivity contribution is 9.10. The fraction of sp³-hybridized carbons (Fsp3) is 0.200. The van der Waals surface area contributed by atoms with E-state index in [4.69, 9.17) is 11.6 Å². The van der Waals surface area contributed by atoms with Crippen molar-refractivity contribution >= 4 is 33.2 Å². The Hall–Kier alpha value is -1.06. The third kappa shape index (κ3) is 3.48. The maximum absolute atomic E-state index is 13.2. The van der Waals surface area contributed by atoms with Crippen molar-refractivity contribution in [2.24, 2.45) is 0 Å². The van der Waals surface area contributed by atoms with Crippen molar-refractivity contribution in [3.63, 3.8) is 0 Å². The van der Waals surface area contributed by atoms with Crippen LogP contribution < -0.4 is 5.32 Å². The summed E-state index contributed by atoms with van der Waals surface area (Å²) in [5, 5.41) is 3.83. The molecular weight excluding hydrogens is 329 g/mol. The summed E-state index contributed by atoms with van der Waals surface area (Å²) in [7, 11) is 0. The predicted octanol–water partition coefficient (Wildman–Crippen LogP) is 5.47. The number of nitrogens with one attached hydrogen (secondary N) is 1. The maximum atomic E-state index is 13.2. The summed E-state index contributed by atoms with van der Waals surface area (Å²) in [6.07, 6.45) is 0. The molecule has 4 heteroatoms. The van der Waals surface area contributed by atoms with E-state index in [1.807, 2.05) is 26.0 Å². The lowest BCUT2D eigenvalue weighted by Gasteiger charge is -2.11. The molecule has 0 aliphatic rings. The Morgan fingerprint density at radius 2 is 1.79 bits per heavy atom. The standard InChI is InChI=1S/C15H14BrClFN/c1-9-5-13(6-10(2)15(9)16)19-8-11-7-12(18)3-4-14(11)17/h3-7,19H,8H2,1-2H3. The molecule has 0 aromatic heterocycles. The van der Waals surface area contributed by atoms with Gasteiger partial charge in [0.2, 0.25) is 0 Å². The zero-order chi connectivity index (χ0) is 14.0. The summed E-state index contributed by atoms with van der Waals surface area (Å²) in [5.41, 5.74) is 4.07. The molecule has 0 atom stereocenters. The number of halogens is 3. The molecule has 2 aromatic rings. The molecule has 2 aromatic carbocycles. The van der Waals surface area contributed by atoms with Gasteiger partial charge in [-0.1, -0.05) is 27.5 Å². The normalized spacial score (nSPS) is 10.6. The Kier molecular flexibility index (Phi) is 4.48. The van der Waals surface area contributed by atoms with Crippen molar-refractivity contribution in [3.8, 4) is 0 Å². The third-order valence-electron chi connectivity index (χ3n) is 2.93. The Balaban J connectivity index is 2.17. The van der Waals surface area contributed by atoms with Gasteiger partial charge in [-0.3, -0.25) is 0 Å². The van der Waals surface area contributed by atoms with Crippen LogP contribution >= 0.6 is 27.5 Å². The van der Waals surface area contributed by atoms with Crippen LogP contribution in [0, 0.1) is 19.7 Å². The Labute approximate surface area is 125 Å². The van der Waals surface area contributed by atoms with Crippen LogP contribution in [0.1, 0.15) is 16.7 Å². The molecule has 0 saturated heterocycles. The van der Waals surface area contributed by atoms with Gasteiger partial charge in [-0.2, -0.15) is 0 Å². The van der Waals surface area contributed by atoms with E-state index in [9.17, 15) is 4.39 Å². The minimum Gasteiger partial charge on any atom is -0.381 e. The van der Waals surface area contributed by atoms with Crippen LogP contribution in [0.4, 0.5) is 10.1 Å². The molecule has 0 spiro atoms. The van der Waals surface area contributed by atoms with Crippen LogP contribution in [0.25, 0.3) is 0 Å². The van der Waals surface area contributed by atoms with Gasteiger partial charge in [-0.15, -0.1) is 0 Å². The molecule has 0 aliphatic carbocycles. The van der Waals surface area contributed by atoms with Crippen LogP contribution in [-0.4, -0.2) is 0 Å². The first kappa shape index (κ1) is 14.4. The molecule has 0 fully saturated rings. The number of benzene rings is 2. The SMILES string of the molecule is Cc1cc(NCc2cc(F)ccc2Cl)cc(C)c1Br. The van der Waals surface area contributed by atoms with Crippen LogP contribution in [-0.2, 0) is 6.54 Å². The van der Waals surface area contributed by atoms with Crippen LogP contribution in [0.15, 0.2) is 34.8 Å². The van der Waals surface area contributed by atoms with Crippen molar-refractivity contribution in [1.82, 2.24) is 0 Å². The Bertz CT molecular complexity index is 590. The Morgan fingerprint density at radius 1 is 1.16 bits per heavy atom. The first-order valence-corrected chi connectivity index (χ1v) is 7.09. The van der Waals surface area contributed by atoms with E-state index < -0.39 is 0 Å². The fourth-order valence-electron chi connectivity index (χ4n) is 1.92. The fourth-order valence-corrected chi connectivity index (χ4v) is 2.34. The van der Waals surface area contributed by atoms with Crippen molar-refractivity contribution in [3.05, 3.63) is 62.3 Å². The van der Waals surface area contributed by atoms with Crippen molar-refractivity contribution < 1.29 is 4.39 Å². The van der Waals surface area contributed by atoms with Gasteiger partial charge < -0.3 is 5.32 Å². The first-order valence-electron chi connectivity index (χ1n) is 5.92. The molecule has 19 heavy (non-hydrogen) atoms. The van der Waals surface area contributed by atoms with E-state index in [0.29, 0.717) is 11.6 Å². The summed E-state index contributed by atoms with van der Waals surface area (Å²) in [4.78, 5) is 0. The highest BCUT2D eigenvalue weighted by Gasteiger charge is 2.05. The summed E-state index contributed by atoms with van der Waals surface area (Å²) in [6.45, 7) is 4.58. The van der Waals surface area contributed by atoms with Crippen LogP contribution in [0.5, 0.6) is 0 Å². The largest absolute Gasteiger partial charge is 0.381 e. The molecule has 0 bridgehead atoms. The van der Waals surface area contributed by atoms with Gasteiger partial charge in [-0.05, 0) is 60.9 Å². The quantitative estimate of drug-likeness (QED) is 0.780. The molecule has 0 aliphatic heterocycles. The van der Waals surface area contributed by atoms with Gasteiger partial charge in [0.1, 0.15) is 5.82 Å². The zero-order valence-corrected chi connectivity index (χ0v) is 13.1. The highest BCUT2D eigenvalue weighted by Crippen LogP contribution is 2.26. The van der Waals surface area contributed by atoms with Crippen LogP contribution in [0.2, 0.25) is 5.02 Å². The lowest BCUT2D eigenvalue weighted by atomic mass is 10.1. The summed E-state index contributed by atoms with van der Waals surface area (Å²) in [5.74, 6) is -0.274. The van der Waals surface area contributed by atoms with Crippen molar-refractivity contribution in [2.75, 3.05) is 5.32 Å². The molecule has 1 N–H and O–H groups in total. The Morgan fingerprint density at radius 3 is 2.42 bits per heavy atom. The van der Waals surface area contributed by atoms with Gasteiger partial charge in [0.05, 0.1) is 0 Å². The van der Waals surface area contributed by atoms with E-state index in [1.54, 1.807) is 6.07 Å². The van der Waals surface area contributed by atoms with Crippen molar-refractivity contribution in [1.29, 1.82) is 0 Å². The molecule has 0 amide bonds. The van der Waals surface area contributed by atoms with E-state index >= 15 is 0 Å². The molecule has 0 saturated carbocycles. The third-order valence-corrected chi connectivity index (χ3v) is 4.55. The second kappa shape index (κ2) is 5.93. The number of aryl methyl sites for hydroxylation is 2. The van der Waals surface area contributed by atoms with Gasteiger partial charge >= 0.3 is 0 Å². The molecule has 0 unspecified atom stereocenters. The van der Waals surface area contributed by atoms with Crippen molar-refractivity contribution in [2.45, 2.75) is 20.4 Å². The van der Waals surface area contributed by atoms with Gasteiger partial charge in [0.15, 0.2) is 0 Å². The van der Waals surface area contributed by atoms with Gasteiger partial charge in [-0.25, -0.2) is 4.39 Å². The average molecular weight is 343 g/mol. The lowest BCUT2D eigenvalue weighted by Crippen LogP contribution is -2.01. The van der Waals surface area contributed by atoms with E-state index in [0.717, 1.165) is 26.9 Å². The second-order valence-corrected chi connectivity index (χ2v) is 5.71. The average Bonchev–Trinajstić information content (AvgIpc) is 2.37. The number of hydrogen-bond donors (Lipinski definition) is 1. The molecule has 1 nitrogen and oxygen atoms in total. The number of hydrogen-bond acceptors (Lipinski definition) is 1. The zero-order valence-electron chi connectivity index (χ0n) is 10.7. The smallest absolute Gasteiger partial charge is 0.123 e. The maximum Gasteiger partial charge on any atom is 0.123 e. The highest BCUT2D eigenvalue weighted by atomic mass is 79.9. The molecule has 0 heterocycles. The first-order chi connectivity index (χ1) is 8.97. The summed E-state index contributed by atoms with van der Waals surface area (Å²) in [6, 6.07) is 8.48. The molecule has 0 radical (unpaired) electrons. The summed E-state index contributed by atoms with van der Waals surface area (Å²) >= 11 is 9.57. The number of anilines is 1. The topological polar surface area (TPSA) is 12.0 Å². The van der Waals surface area contributed by atoms with E-state index in [-0.39, 0.29) is 5.82 Å². The minimum absolute atomic E-state index is 0.274. The monoisotopic (exact) mass is 341 g/mol. The molecular formula is C15H14BrClFN. The van der Waals surface area contributed by atoms with Crippen LogP contribution in [0.3, 0.4) is 0 Å². The second-order valence-electron chi connectivity index (χ2n) is 4.51.